The van der Waals surface area contributed by atoms with Crippen molar-refractivity contribution in [2.75, 3.05) is 6.61 Å². The van der Waals surface area contributed by atoms with Gasteiger partial charge in [-0.3, -0.25) is 9.59 Å². The van der Waals surface area contributed by atoms with Crippen molar-refractivity contribution in [2.24, 2.45) is 11.7 Å². The molecular formula is C24H20FNO4. The van der Waals surface area contributed by atoms with Gasteiger partial charge in [-0.25, -0.2) is 4.39 Å². The zero-order valence-electron chi connectivity index (χ0n) is 16.0. The maximum Gasteiger partial charge on any atom is 0.322 e. The first-order chi connectivity index (χ1) is 14.5. The Morgan fingerprint density at radius 1 is 0.933 bits per heavy atom. The van der Waals surface area contributed by atoms with Crippen LogP contribution in [-0.4, -0.2) is 23.7 Å². The van der Waals surface area contributed by atoms with Crippen LogP contribution in [0.25, 0.3) is 11.1 Å². The number of carboxylic acids is 1. The molecule has 152 valence electrons. The monoisotopic (exact) mass is 405 g/mol. The number of hydrogen-bond donors (Lipinski definition) is 2. The van der Waals surface area contributed by atoms with Gasteiger partial charge in [0.2, 0.25) is 0 Å². The minimum absolute atomic E-state index is 0.00672. The molecule has 3 aromatic rings. The van der Waals surface area contributed by atoms with E-state index in [4.69, 9.17) is 10.5 Å². The largest absolute Gasteiger partial charge is 0.481 e. The van der Waals surface area contributed by atoms with Gasteiger partial charge in [0.25, 0.3) is 0 Å². The van der Waals surface area contributed by atoms with E-state index in [1.54, 1.807) is 0 Å². The summed E-state index contributed by atoms with van der Waals surface area (Å²) in [5, 5.41) is 9.58. The topological polar surface area (TPSA) is 89.6 Å². The number of rotatable bonds is 6. The van der Waals surface area contributed by atoms with E-state index in [9.17, 15) is 19.1 Å². The lowest BCUT2D eigenvalue weighted by Crippen LogP contribution is -2.36. The van der Waals surface area contributed by atoms with Crippen LogP contribution >= 0.6 is 0 Å². The number of benzene rings is 3. The van der Waals surface area contributed by atoms with Crippen molar-refractivity contribution in [3.63, 3.8) is 0 Å². The van der Waals surface area contributed by atoms with Crippen LogP contribution in [0.3, 0.4) is 0 Å². The molecule has 0 bridgehead atoms. The average Bonchev–Trinajstić information content (AvgIpc) is 3.06. The van der Waals surface area contributed by atoms with E-state index in [0.717, 1.165) is 22.3 Å². The molecule has 1 aliphatic carbocycles. The Balaban J connectivity index is 1.54. The molecule has 0 aliphatic heterocycles. The van der Waals surface area contributed by atoms with Gasteiger partial charge >= 0.3 is 11.9 Å². The first kappa shape index (κ1) is 19.8. The summed E-state index contributed by atoms with van der Waals surface area (Å²) in [5.41, 5.74) is 10.6. The number of fused-ring (bicyclic) bond motifs is 3. The highest BCUT2D eigenvalue weighted by molar-refractivity contribution is 5.95. The van der Waals surface area contributed by atoms with Crippen LogP contribution in [0.4, 0.5) is 4.39 Å². The fourth-order valence-electron chi connectivity index (χ4n) is 3.97. The van der Waals surface area contributed by atoms with Crippen LogP contribution < -0.4 is 5.73 Å². The summed E-state index contributed by atoms with van der Waals surface area (Å²) >= 11 is 0. The van der Waals surface area contributed by atoms with Gasteiger partial charge in [0.15, 0.2) is 5.92 Å². The van der Waals surface area contributed by atoms with E-state index in [1.807, 2.05) is 48.5 Å². The molecule has 3 aromatic carbocycles. The molecule has 2 unspecified atom stereocenters. The summed E-state index contributed by atoms with van der Waals surface area (Å²) in [6, 6.07) is 19.7. The lowest BCUT2D eigenvalue weighted by Gasteiger charge is -2.21. The highest BCUT2D eigenvalue weighted by Gasteiger charge is 2.37. The van der Waals surface area contributed by atoms with Crippen LogP contribution in [0, 0.1) is 11.7 Å². The third-order valence-corrected chi connectivity index (χ3v) is 5.49. The van der Waals surface area contributed by atoms with Crippen molar-refractivity contribution in [1.82, 2.24) is 0 Å². The van der Waals surface area contributed by atoms with Crippen LogP contribution in [0.1, 0.15) is 28.7 Å². The van der Waals surface area contributed by atoms with Crippen molar-refractivity contribution in [1.29, 1.82) is 0 Å². The van der Waals surface area contributed by atoms with E-state index < -0.39 is 29.7 Å². The van der Waals surface area contributed by atoms with Crippen molar-refractivity contribution < 1.29 is 23.8 Å². The Labute approximate surface area is 172 Å². The van der Waals surface area contributed by atoms with Crippen LogP contribution in [0.5, 0.6) is 0 Å². The van der Waals surface area contributed by atoms with Crippen molar-refractivity contribution in [3.05, 3.63) is 95.3 Å². The molecule has 3 N–H and O–H groups in total. The zero-order valence-corrected chi connectivity index (χ0v) is 16.0. The third-order valence-electron chi connectivity index (χ3n) is 5.49. The normalized spacial score (nSPS) is 14.5. The number of esters is 1. The molecule has 30 heavy (non-hydrogen) atoms. The van der Waals surface area contributed by atoms with E-state index in [0.29, 0.717) is 5.56 Å². The Kier molecular flexibility index (Phi) is 5.33. The number of hydrogen-bond acceptors (Lipinski definition) is 4. The molecule has 2 atom stereocenters. The minimum atomic E-state index is -1.60. The van der Waals surface area contributed by atoms with Gasteiger partial charge < -0.3 is 15.6 Å². The van der Waals surface area contributed by atoms with E-state index in [1.165, 1.54) is 24.3 Å². The molecule has 0 heterocycles. The summed E-state index contributed by atoms with van der Waals surface area (Å²) in [7, 11) is 0. The van der Waals surface area contributed by atoms with Crippen molar-refractivity contribution >= 4 is 11.9 Å². The fourth-order valence-corrected chi connectivity index (χ4v) is 3.97. The predicted molar refractivity (Wildman–Crippen MR) is 109 cm³/mol. The number of ether oxygens (including phenoxy) is 1. The van der Waals surface area contributed by atoms with Crippen molar-refractivity contribution in [3.8, 4) is 11.1 Å². The average molecular weight is 405 g/mol. The lowest BCUT2D eigenvalue weighted by molar-refractivity contribution is -0.160. The Hall–Kier alpha value is -3.51. The van der Waals surface area contributed by atoms with Gasteiger partial charge in [-0.1, -0.05) is 60.7 Å². The molecule has 6 heteroatoms. The molecule has 0 spiro atoms. The second-order valence-corrected chi connectivity index (χ2v) is 7.25. The maximum atomic E-state index is 13.2. The second-order valence-electron chi connectivity index (χ2n) is 7.25. The first-order valence-corrected chi connectivity index (χ1v) is 9.56. The number of halogens is 1. The van der Waals surface area contributed by atoms with Crippen LogP contribution in [0.2, 0.25) is 0 Å². The van der Waals surface area contributed by atoms with Gasteiger partial charge in [0, 0.05) is 5.92 Å². The molecule has 0 radical (unpaired) electrons. The molecule has 5 nitrogen and oxygen atoms in total. The van der Waals surface area contributed by atoms with Crippen molar-refractivity contribution in [2.45, 2.75) is 12.0 Å². The van der Waals surface area contributed by atoms with Crippen LogP contribution in [-0.2, 0) is 14.3 Å². The molecule has 0 amide bonds. The summed E-state index contributed by atoms with van der Waals surface area (Å²) in [6.45, 7) is 0.00672. The number of carbonyl (C=O) groups excluding carboxylic acids is 1. The molecule has 0 saturated heterocycles. The SMILES string of the molecule is NC(c1ccc(F)cc1)C(C(=O)O)C(=O)OCC1c2ccccc2-c2ccccc21. The highest BCUT2D eigenvalue weighted by atomic mass is 19.1. The Bertz CT molecular complexity index is 1050. The van der Waals surface area contributed by atoms with Gasteiger partial charge in [0.1, 0.15) is 12.4 Å². The molecule has 0 aromatic heterocycles. The standard InChI is InChI=1S/C24H20FNO4/c25-15-11-9-14(10-12-15)22(26)21(23(27)28)24(29)30-13-20-18-7-3-1-5-16(18)17-6-2-4-8-19(17)20/h1-12,20-22H,13,26H2,(H,27,28). The zero-order chi connectivity index (χ0) is 21.3. The molecular weight excluding hydrogens is 385 g/mol. The quantitative estimate of drug-likeness (QED) is 0.480. The Morgan fingerprint density at radius 2 is 1.47 bits per heavy atom. The summed E-state index contributed by atoms with van der Waals surface area (Å²) in [6.07, 6.45) is 0. The highest BCUT2D eigenvalue weighted by Crippen LogP contribution is 2.44. The number of carboxylic acid groups (broad SMARTS) is 1. The molecule has 0 saturated carbocycles. The maximum absolute atomic E-state index is 13.2. The smallest absolute Gasteiger partial charge is 0.322 e. The summed E-state index contributed by atoms with van der Waals surface area (Å²) in [5.74, 6) is -4.55. The fraction of sp³-hybridized carbons (Fsp3) is 0.167. The van der Waals surface area contributed by atoms with E-state index in [2.05, 4.69) is 0 Å². The number of nitrogens with two attached hydrogens (primary N) is 1. The number of aliphatic carboxylic acids is 1. The second kappa shape index (κ2) is 8.08. The van der Waals surface area contributed by atoms with Gasteiger partial charge in [-0.2, -0.15) is 0 Å². The predicted octanol–water partition coefficient (Wildman–Crippen LogP) is 3.88. The van der Waals surface area contributed by atoms with Crippen LogP contribution in [0.15, 0.2) is 72.8 Å². The van der Waals surface area contributed by atoms with Gasteiger partial charge in [0.05, 0.1) is 6.04 Å². The molecule has 0 fully saturated rings. The Morgan fingerprint density at radius 3 is 2.00 bits per heavy atom. The molecule has 1 aliphatic rings. The third kappa shape index (κ3) is 3.57. The number of carbonyl (C=O) groups is 2. The molecule has 4 rings (SSSR count). The van der Waals surface area contributed by atoms with Gasteiger partial charge in [-0.05, 0) is 39.9 Å². The van der Waals surface area contributed by atoms with E-state index in [-0.39, 0.29) is 12.5 Å². The minimum Gasteiger partial charge on any atom is -0.481 e. The van der Waals surface area contributed by atoms with Gasteiger partial charge in [-0.15, -0.1) is 0 Å². The first-order valence-electron chi connectivity index (χ1n) is 9.56. The van der Waals surface area contributed by atoms with E-state index >= 15 is 0 Å². The lowest BCUT2D eigenvalue weighted by atomic mass is 9.93. The summed E-state index contributed by atoms with van der Waals surface area (Å²) in [4.78, 5) is 24.5. The summed E-state index contributed by atoms with van der Waals surface area (Å²) < 4.78 is 18.6.